The molecule has 12 heteroatoms. The van der Waals surface area contributed by atoms with Crippen molar-refractivity contribution in [3.63, 3.8) is 0 Å². The van der Waals surface area contributed by atoms with Gasteiger partial charge in [-0.3, -0.25) is 9.59 Å². The van der Waals surface area contributed by atoms with E-state index in [0.29, 0.717) is 38.1 Å². The van der Waals surface area contributed by atoms with E-state index in [2.05, 4.69) is 15.1 Å². The summed E-state index contributed by atoms with van der Waals surface area (Å²) in [6, 6.07) is 0.967. The molecule has 1 N–H and O–H groups in total. The zero-order valence-corrected chi connectivity index (χ0v) is 16.9. The second-order valence-electron chi connectivity index (χ2n) is 7.39. The van der Waals surface area contributed by atoms with E-state index in [4.69, 9.17) is 14.7 Å². The number of amides is 1. The van der Waals surface area contributed by atoms with E-state index in [1.165, 1.54) is 0 Å². The molecule has 1 saturated heterocycles. The van der Waals surface area contributed by atoms with Gasteiger partial charge >= 0.3 is 6.18 Å². The number of carboxylic acid groups (broad SMARTS) is 1. The fourth-order valence-electron chi connectivity index (χ4n) is 3.26. The van der Waals surface area contributed by atoms with E-state index in [1.807, 2.05) is 13.8 Å². The summed E-state index contributed by atoms with van der Waals surface area (Å²) in [5, 5.41) is 10.9. The molecule has 3 heterocycles. The summed E-state index contributed by atoms with van der Waals surface area (Å²) in [7, 11) is 1.70. The molecule has 1 spiro atoms. The number of hydrogen-bond acceptors (Lipinski definition) is 7. The lowest BCUT2D eigenvalue weighted by Crippen LogP contribution is -2.49. The Labute approximate surface area is 171 Å². The van der Waals surface area contributed by atoms with E-state index in [0.717, 1.165) is 12.4 Å². The Morgan fingerprint density at radius 2 is 2.07 bits per heavy atom. The molecule has 3 rings (SSSR count). The van der Waals surface area contributed by atoms with E-state index in [9.17, 15) is 18.0 Å². The van der Waals surface area contributed by atoms with E-state index in [1.54, 1.807) is 16.8 Å². The molecule has 0 aromatic carbocycles. The largest absolute Gasteiger partial charge is 0.483 e. The first-order chi connectivity index (χ1) is 14.0. The lowest BCUT2D eigenvalue weighted by atomic mass is 9.88. The molecular weight excluding hydrogens is 407 g/mol. The fraction of sp³-hybridized carbons (Fsp3) is 0.611. The van der Waals surface area contributed by atoms with Crippen LogP contribution >= 0.6 is 0 Å². The van der Waals surface area contributed by atoms with Crippen LogP contribution in [0.5, 0.6) is 0 Å². The van der Waals surface area contributed by atoms with Crippen LogP contribution in [0.2, 0.25) is 0 Å². The summed E-state index contributed by atoms with van der Waals surface area (Å²) in [6.07, 6.45) is -1.91. The monoisotopic (exact) mass is 431 g/mol. The number of aromatic nitrogens is 2. The Morgan fingerprint density at radius 1 is 1.40 bits per heavy atom. The van der Waals surface area contributed by atoms with Gasteiger partial charge in [-0.25, -0.2) is 9.97 Å². The molecule has 1 aromatic heterocycles. The van der Waals surface area contributed by atoms with Crippen molar-refractivity contribution in [2.75, 3.05) is 25.0 Å². The molecule has 1 unspecified atom stereocenters. The Morgan fingerprint density at radius 3 is 2.67 bits per heavy atom. The van der Waals surface area contributed by atoms with Crippen LogP contribution in [0.3, 0.4) is 0 Å². The number of rotatable bonds is 3. The molecule has 2 aliphatic heterocycles. The number of halogens is 3. The minimum absolute atomic E-state index is 0.0291. The van der Waals surface area contributed by atoms with E-state index < -0.39 is 17.5 Å². The SMILES string of the molecule is CC(C)N(C)C(=O)C1=NOC2(CCCN(c3cc(C(F)(F)F)ncn3)C2)C1.O=CO. The molecule has 1 atom stereocenters. The van der Waals surface area contributed by atoms with Crippen LogP contribution in [0.25, 0.3) is 0 Å². The zero-order chi connectivity index (χ0) is 22.5. The summed E-state index contributed by atoms with van der Waals surface area (Å²) in [4.78, 5) is 37.1. The fourth-order valence-corrected chi connectivity index (χ4v) is 3.26. The number of alkyl halides is 3. The first-order valence-corrected chi connectivity index (χ1v) is 9.27. The van der Waals surface area contributed by atoms with Crippen molar-refractivity contribution in [2.24, 2.45) is 5.16 Å². The molecule has 0 aliphatic carbocycles. The summed E-state index contributed by atoms with van der Waals surface area (Å²) in [5.74, 6) is -0.000493. The molecule has 0 saturated carbocycles. The Balaban J connectivity index is 0.00000101. The maximum absolute atomic E-state index is 12.9. The highest BCUT2D eigenvalue weighted by atomic mass is 19.4. The number of hydrogen-bond donors (Lipinski definition) is 1. The van der Waals surface area contributed by atoms with Gasteiger partial charge < -0.3 is 19.7 Å². The third-order valence-corrected chi connectivity index (χ3v) is 4.99. The molecule has 9 nitrogen and oxygen atoms in total. The smallest absolute Gasteiger partial charge is 0.433 e. The van der Waals surface area contributed by atoms with Gasteiger partial charge in [-0.05, 0) is 26.7 Å². The lowest BCUT2D eigenvalue weighted by molar-refractivity contribution is -0.141. The number of nitrogens with zero attached hydrogens (tertiary/aromatic N) is 5. The van der Waals surface area contributed by atoms with Gasteiger partial charge in [0, 0.05) is 32.1 Å². The van der Waals surface area contributed by atoms with Gasteiger partial charge in [-0.1, -0.05) is 5.16 Å². The topological polar surface area (TPSA) is 108 Å². The van der Waals surface area contributed by atoms with Gasteiger partial charge in [-0.15, -0.1) is 0 Å². The predicted molar refractivity (Wildman–Crippen MR) is 101 cm³/mol. The van der Waals surface area contributed by atoms with E-state index >= 15 is 0 Å². The van der Waals surface area contributed by atoms with Crippen LogP contribution in [-0.4, -0.2) is 69.8 Å². The Kier molecular flexibility index (Phi) is 7.21. The van der Waals surface area contributed by atoms with Crippen molar-refractivity contribution in [3.05, 3.63) is 18.1 Å². The Hall–Kier alpha value is -2.92. The van der Waals surface area contributed by atoms with Gasteiger partial charge in [0.1, 0.15) is 23.6 Å². The summed E-state index contributed by atoms with van der Waals surface area (Å²) >= 11 is 0. The second kappa shape index (κ2) is 9.26. The minimum Gasteiger partial charge on any atom is -0.483 e. The van der Waals surface area contributed by atoms with Crippen molar-refractivity contribution < 1.29 is 32.7 Å². The maximum Gasteiger partial charge on any atom is 0.433 e. The minimum atomic E-state index is -4.53. The predicted octanol–water partition coefficient (Wildman–Crippen LogP) is 2.18. The highest BCUT2D eigenvalue weighted by Crippen LogP contribution is 2.36. The van der Waals surface area contributed by atoms with Crippen molar-refractivity contribution >= 4 is 23.9 Å². The summed E-state index contributed by atoms with van der Waals surface area (Å²) < 4.78 is 38.7. The van der Waals surface area contributed by atoms with Crippen molar-refractivity contribution in [3.8, 4) is 0 Å². The first kappa shape index (κ1) is 23.4. The molecular formula is C18H24F3N5O4. The molecule has 2 aliphatic rings. The second-order valence-corrected chi connectivity index (χ2v) is 7.39. The highest BCUT2D eigenvalue weighted by molar-refractivity contribution is 6.39. The average molecular weight is 431 g/mol. The first-order valence-electron chi connectivity index (χ1n) is 9.27. The van der Waals surface area contributed by atoms with Crippen molar-refractivity contribution in [1.29, 1.82) is 0 Å². The van der Waals surface area contributed by atoms with Crippen LogP contribution in [0, 0.1) is 0 Å². The molecule has 1 amide bonds. The highest BCUT2D eigenvalue weighted by Gasteiger charge is 2.45. The average Bonchev–Trinajstić information content (AvgIpc) is 3.10. The number of oxime groups is 1. The third kappa shape index (κ3) is 5.36. The van der Waals surface area contributed by atoms with Crippen LogP contribution in [0.15, 0.2) is 17.5 Å². The molecule has 166 valence electrons. The number of anilines is 1. The van der Waals surface area contributed by atoms with Crippen LogP contribution in [-0.2, 0) is 20.6 Å². The standard InChI is InChI=1S/C17H22F3N5O2.CH2O2/c1-11(2)24(3)15(26)12-8-16(27-23-12)5-4-6-25(9-16)14-7-13(17(18,19)20)21-10-22-14;2-1-3/h7,10-11H,4-6,8-9H2,1-3H3;1H,(H,2,3). The normalized spacial score (nSPS) is 20.9. The van der Waals surface area contributed by atoms with Crippen LogP contribution < -0.4 is 4.90 Å². The zero-order valence-electron chi connectivity index (χ0n) is 16.9. The number of carbonyl (C=O) groups is 2. The van der Waals surface area contributed by atoms with Gasteiger partial charge in [-0.2, -0.15) is 13.2 Å². The van der Waals surface area contributed by atoms with E-state index in [-0.39, 0.29) is 24.2 Å². The summed E-state index contributed by atoms with van der Waals surface area (Å²) in [6.45, 7) is 4.42. The summed E-state index contributed by atoms with van der Waals surface area (Å²) in [5.41, 5.74) is -1.36. The van der Waals surface area contributed by atoms with Gasteiger partial charge in [0.15, 0.2) is 5.60 Å². The van der Waals surface area contributed by atoms with Gasteiger partial charge in [0.05, 0.1) is 6.54 Å². The Bertz CT molecular complexity index is 802. The molecule has 1 aromatic rings. The molecule has 0 bridgehead atoms. The number of piperidine rings is 1. The quantitative estimate of drug-likeness (QED) is 0.731. The van der Waals surface area contributed by atoms with Crippen molar-refractivity contribution in [1.82, 2.24) is 14.9 Å². The van der Waals surface area contributed by atoms with Gasteiger partial charge in [0.2, 0.25) is 0 Å². The van der Waals surface area contributed by atoms with Crippen molar-refractivity contribution in [2.45, 2.75) is 50.9 Å². The van der Waals surface area contributed by atoms with Crippen LogP contribution in [0.1, 0.15) is 38.8 Å². The number of carbonyl (C=O) groups excluding carboxylic acids is 1. The lowest BCUT2D eigenvalue weighted by Gasteiger charge is -2.38. The maximum atomic E-state index is 12.9. The molecule has 1 fully saturated rings. The van der Waals surface area contributed by atoms with Crippen LogP contribution in [0.4, 0.5) is 19.0 Å². The molecule has 0 radical (unpaired) electrons. The van der Waals surface area contributed by atoms with Gasteiger partial charge in [0.25, 0.3) is 12.4 Å². The molecule has 30 heavy (non-hydrogen) atoms. The third-order valence-electron chi connectivity index (χ3n) is 4.99.